The van der Waals surface area contributed by atoms with Crippen molar-refractivity contribution in [2.24, 2.45) is 5.73 Å². The minimum Gasteiger partial charge on any atom is -0.330 e. The molecule has 0 atom stereocenters. The number of benzene rings is 1. The molecule has 1 aromatic carbocycles. The largest absolute Gasteiger partial charge is 0.330 e. The fourth-order valence-electron chi connectivity index (χ4n) is 1.99. The molecule has 2 N–H and O–H groups in total. The second-order valence-electron chi connectivity index (χ2n) is 4.18. The molecule has 0 aromatic heterocycles. The lowest BCUT2D eigenvalue weighted by molar-refractivity contribution is 0.700. The highest BCUT2D eigenvalue weighted by atomic mass is 79.9. The Morgan fingerprint density at radius 2 is 2.00 bits per heavy atom. The van der Waals surface area contributed by atoms with E-state index in [1.165, 1.54) is 32.7 Å². The Labute approximate surface area is 114 Å². The first kappa shape index (κ1) is 12.8. The summed E-state index contributed by atoms with van der Waals surface area (Å²) in [6, 6.07) is 4.58. The van der Waals surface area contributed by atoms with Crippen LogP contribution in [0.5, 0.6) is 0 Å². The van der Waals surface area contributed by atoms with E-state index in [4.69, 9.17) is 5.73 Å². The average Bonchev–Trinajstić information content (AvgIpc) is 3.08. The van der Waals surface area contributed by atoms with Crippen LogP contribution in [0.2, 0.25) is 0 Å². The first-order valence-electron chi connectivity index (χ1n) is 5.29. The molecule has 1 saturated carbocycles. The summed E-state index contributed by atoms with van der Waals surface area (Å²) < 4.78 is 1.21. The van der Waals surface area contributed by atoms with Gasteiger partial charge in [0.25, 0.3) is 0 Å². The Balaban J connectivity index is 2.46. The van der Waals surface area contributed by atoms with Crippen LogP contribution in [0.25, 0.3) is 0 Å². The molecular weight excluding hydrogens is 302 g/mol. The zero-order valence-corrected chi connectivity index (χ0v) is 12.8. The predicted octanol–water partition coefficient (Wildman–Crippen LogP) is 3.88. The van der Waals surface area contributed by atoms with Gasteiger partial charge in [-0.15, -0.1) is 23.5 Å². The van der Waals surface area contributed by atoms with E-state index >= 15 is 0 Å². The number of thioether (sulfide) groups is 2. The Kier molecular flexibility index (Phi) is 3.94. The second-order valence-corrected chi connectivity index (χ2v) is 6.70. The molecule has 0 aliphatic heterocycles. The van der Waals surface area contributed by atoms with Gasteiger partial charge in [-0.3, -0.25) is 0 Å². The molecule has 88 valence electrons. The van der Waals surface area contributed by atoms with Gasteiger partial charge in [-0.2, -0.15) is 0 Å². The molecule has 16 heavy (non-hydrogen) atoms. The van der Waals surface area contributed by atoms with Crippen molar-refractivity contribution in [1.29, 1.82) is 0 Å². The number of hydrogen-bond donors (Lipinski definition) is 1. The maximum Gasteiger partial charge on any atom is 0.0348 e. The van der Waals surface area contributed by atoms with E-state index in [2.05, 4.69) is 40.6 Å². The minimum absolute atomic E-state index is 0.282. The van der Waals surface area contributed by atoms with Gasteiger partial charge in [0, 0.05) is 26.2 Å². The highest BCUT2D eigenvalue weighted by Crippen LogP contribution is 2.50. The Bertz CT molecular complexity index is 402. The third kappa shape index (κ3) is 2.17. The van der Waals surface area contributed by atoms with E-state index in [-0.39, 0.29) is 5.41 Å². The van der Waals surface area contributed by atoms with Gasteiger partial charge in [-0.25, -0.2) is 0 Å². The van der Waals surface area contributed by atoms with Crippen LogP contribution in [0.15, 0.2) is 26.4 Å². The van der Waals surface area contributed by atoms with Crippen LogP contribution in [-0.4, -0.2) is 19.1 Å². The van der Waals surface area contributed by atoms with Crippen molar-refractivity contribution < 1.29 is 0 Å². The fourth-order valence-corrected chi connectivity index (χ4v) is 4.62. The topological polar surface area (TPSA) is 26.0 Å². The summed E-state index contributed by atoms with van der Waals surface area (Å²) in [5.74, 6) is 0. The molecule has 0 spiro atoms. The zero-order valence-electron chi connectivity index (χ0n) is 9.55. The maximum absolute atomic E-state index is 5.89. The zero-order chi connectivity index (χ0) is 11.8. The highest BCUT2D eigenvalue weighted by molar-refractivity contribution is 9.10. The third-order valence-electron chi connectivity index (χ3n) is 3.29. The third-order valence-corrected chi connectivity index (χ3v) is 5.92. The first-order chi connectivity index (χ1) is 7.66. The minimum atomic E-state index is 0.282. The molecule has 0 unspecified atom stereocenters. The van der Waals surface area contributed by atoms with E-state index in [0.29, 0.717) is 0 Å². The smallest absolute Gasteiger partial charge is 0.0348 e. The van der Waals surface area contributed by atoms with Gasteiger partial charge in [-0.05, 0) is 59.0 Å². The van der Waals surface area contributed by atoms with Gasteiger partial charge in [-0.1, -0.05) is 0 Å². The van der Waals surface area contributed by atoms with Crippen LogP contribution in [0.4, 0.5) is 0 Å². The standard InChI is InChI=1S/C12H16BrNS2/c1-15-10-6-8(12(7-14)3-4-12)5-9(13)11(10)16-2/h5-6H,3-4,7,14H2,1-2H3. The number of rotatable bonds is 4. The molecule has 0 heterocycles. The van der Waals surface area contributed by atoms with Crippen molar-refractivity contribution in [1.82, 2.24) is 0 Å². The SMILES string of the molecule is CSc1cc(C2(CN)CC2)cc(Br)c1SC. The fraction of sp³-hybridized carbons (Fsp3) is 0.500. The molecule has 0 amide bonds. The van der Waals surface area contributed by atoms with E-state index in [0.717, 1.165) is 6.54 Å². The molecular formula is C12H16BrNS2. The summed E-state index contributed by atoms with van der Waals surface area (Å²) in [4.78, 5) is 2.70. The van der Waals surface area contributed by atoms with E-state index in [1.54, 1.807) is 11.8 Å². The van der Waals surface area contributed by atoms with E-state index < -0.39 is 0 Å². The monoisotopic (exact) mass is 317 g/mol. The van der Waals surface area contributed by atoms with Crippen molar-refractivity contribution in [3.8, 4) is 0 Å². The Morgan fingerprint density at radius 1 is 1.31 bits per heavy atom. The highest BCUT2D eigenvalue weighted by Gasteiger charge is 2.43. The van der Waals surface area contributed by atoms with E-state index in [1.807, 2.05) is 11.8 Å². The van der Waals surface area contributed by atoms with Crippen LogP contribution >= 0.6 is 39.5 Å². The van der Waals surface area contributed by atoms with Crippen LogP contribution in [0, 0.1) is 0 Å². The summed E-state index contributed by atoms with van der Waals surface area (Å²) in [6.45, 7) is 0.770. The van der Waals surface area contributed by atoms with Gasteiger partial charge < -0.3 is 5.73 Å². The Morgan fingerprint density at radius 3 is 2.44 bits per heavy atom. The van der Waals surface area contributed by atoms with Crippen molar-refractivity contribution in [3.63, 3.8) is 0 Å². The molecule has 1 aromatic rings. The van der Waals surface area contributed by atoms with E-state index in [9.17, 15) is 0 Å². The lowest BCUT2D eigenvalue weighted by Crippen LogP contribution is -2.19. The molecule has 1 aliphatic rings. The lowest BCUT2D eigenvalue weighted by Gasteiger charge is -2.17. The second kappa shape index (κ2) is 4.92. The molecule has 0 bridgehead atoms. The molecule has 0 radical (unpaired) electrons. The van der Waals surface area contributed by atoms with Crippen LogP contribution in [0.1, 0.15) is 18.4 Å². The van der Waals surface area contributed by atoms with Gasteiger partial charge in [0.1, 0.15) is 0 Å². The molecule has 2 rings (SSSR count). The summed E-state index contributed by atoms with van der Waals surface area (Å²) in [7, 11) is 0. The van der Waals surface area contributed by atoms with Crippen LogP contribution in [-0.2, 0) is 5.41 Å². The summed E-state index contributed by atoms with van der Waals surface area (Å²) in [6.07, 6.45) is 6.73. The predicted molar refractivity (Wildman–Crippen MR) is 77.7 cm³/mol. The van der Waals surface area contributed by atoms with Gasteiger partial charge >= 0.3 is 0 Å². The summed E-state index contributed by atoms with van der Waals surface area (Å²) >= 11 is 7.28. The molecule has 1 aliphatic carbocycles. The Hall–Kier alpha value is 0.360. The van der Waals surface area contributed by atoms with Crippen molar-refractivity contribution in [2.75, 3.05) is 19.1 Å². The lowest BCUT2D eigenvalue weighted by atomic mass is 9.96. The number of nitrogens with two attached hydrogens (primary N) is 1. The van der Waals surface area contributed by atoms with Gasteiger partial charge in [0.05, 0.1) is 0 Å². The van der Waals surface area contributed by atoms with Crippen LogP contribution < -0.4 is 5.73 Å². The molecule has 1 nitrogen and oxygen atoms in total. The molecule has 1 fully saturated rings. The molecule has 4 heteroatoms. The van der Waals surface area contributed by atoms with Gasteiger partial charge in [0.15, 0.2) is 0 Å². The maximum atomic E-state index is 5.89. The average molecular weight is 318 g/mol. The van der Waals surface area contributed by atoms with Crippen molar-refractivity contribution in [2.45, 2.75) is 28.0 Å². The normalized spacial score (nSPS) is 17.5. The van der Waals surface area contributed by atoms with Crippen molar-refractivity contribution >= 4 is 39.5 Å². The summed E-state index contributed by atoms with van der Waals surface area (Å²) in [5.41, 5.74) is 7.57. The number of hydrogen-bond acceptors (Lipinski definition) is 3. The quantitative estimate of drug-likeness (QED) is 0.853. The number of halogens is 1. The summed E-state index contributed by atoms with van der Waals surface area (Å²) in [5, 5.41) is 0. The first-order valence-corrected chi connectivity index (χ1v) is 8.53. The van der Waals surface area contributed by atoms with Crippen molar-refractivity contribution in [3.05, 3.63) is 22.2 Å². The van der Waals surface area contributed by atoms with Crippen LogP contribution in [0.3, 0.4) is 0 Å². The molecule has 0 saturated heterocycles. The van der Waals surface area contributed by atoms with Gasteiger partial charge in [0.2, 0.25) is 0 Å².